The summed E-state index contributed by atoms with van der Waals surface area (Å²) in [5.74, 6) is 0.857. The second kappa shape index (κ2) is 9.96. The molecule has 1 fully saturated rings. The summed E-state index contributed by atoms with van der Waals surface area (Å²) in [6, 6.07) is 10.7. The molecular formula is C25H24BrN3O5S. The van der Waals surface area contributed by atoms with Crippen molar-refractivity contribution in [3.63, 3.8) is 0 Å². The molecule has 3 aromatic rings. The molecule has 0 amide bonds. The van der Waals surface area contributed by atoms with Crippen molar-refractivity contribution in [1.82, 2.24) is 4.57 Å². The second-order valence-electron chi connectivity index (χ2n) is 8.13. The van der Waals surface area contributed by atoms with Crippen molar-refractivity contribution in [2.45, 2.75) is 19.9 Å². The first-order valence-corrected chi connectivity index (χ1v) is 12.9. The van der Waals surface area contributed by atoms with E-state index in [1.165, 1.54) is 11.3 Å². The number of benzene rings is 1. The molecule has 0 saturated carbocycles. The maximum atomic E-state index is 13.6. The first kappa shape index (κ1) is 23.8. The number of esters is 1. The summed E-state index contributed by atoms with van der Waals surface area (Å²) >= 11 is 4.73. The van der Waals surface area contributed by atoms with Crippen LogP contribution in [0.1, 0.15) is 31.2 Å². The number of hydrogen-bond acceptors (Lipinski definition) is 8. The van der Waals surface area contributed by atoms with E-state index in [9.17, 15) is 9.59 Å². The Morgan fingerprint density at radius 1 is 1.23 bits per heavy atom. The molecule has 0 unspecified atom stereocenters. The second-order valence-corrected chi connectivity index (χ2v) is 10.1. The summed E-state index contributed by atoms with van der Waals surface area (Å²) in [4.78, 5) is 33.8. The fraction of sp³-hybridized carbons (Fsp3) is 0.320. The predicted octanol–water partition coefficient (Wildman–Crippen LogP) is 2.99. The Hall–Kier alpha value is -2.95. The fourth-order valence-corrected chi connectivity index (χ4v) is 5.55. The third-order valence-electron chi connectivity index (χ3n) is 5.91. The third-order valence-corrected chi connectivity index (χ3v) is 7.42. The molecule has 0 bridgehead atoms. The Labute approximate surface area is 213 Å². The zero-order valence-electron chi connectivity index (χ0n) is 19.3. The molecule has 1 aromatic carbocycles. The van der Waals surface area contributed by atoms with E-state index in [-0.39, 0.29) is 12.2 Å². The van der Waals surface area contributed by atoms with Gasteiger partial charge in [-0.1, -0.05) is 39.4 Å². The van der Waals surface area contributed by atoms with Crippen LogP contribution in [0.15, 0.2) is 66.3 Å². The molecule has 2 aliphatic heterocycles. The van der Waals surface area contributed by atoms with E-state index in [0.717, 1.165) is 29.0 Å². The Balaban J connectivity index is 1.60. The van der Waals surface area contributed by atoms with E-state index >= 15 is 0 Å². The van der Waals surface area contributed by atoms with Crippen molar-refractivity contribution in [3.05, 3.63) is 83.2 Å². The van der Waals surface area contributed by atoms with Crippen molar-refractivity contribution < 1.29 is 18.7 Å². The van der Waals surface area contributed by atoms with Crippen LogP contribution in [0, 0.1) is 0 Å². The van der Waals surface area contributed by atoms with E-state index in [2.05, 4.69) is 25.8 Å². The Kier molecular flexibility index (Phi) is 6.77. The standard InChI is InChI=1S/C25H24BrN3O5S/c1-3-33-24(31)21-15(2)27-25-29(22(21)16-4-6-17(26)7-5-16)23(30)19(35-25)14-18-8-9-20(34-18)28-10-12-32-13-11-28/h4-9,14,22H,3,10-13H2,1-2H3/b19-14-/t22-/m0/s1. The summed E-state index contributed by atoms with van der Waals surface area (Å²) in [6.45, 7) is 6.61. The van der Waals surface area contributed by atoms with Crippen LogP contribution in [0.5, 0.6) is 0 Å². The number of fused-ring (bicyclic) bond motifs is 1. The number of morpholine rings is 1. The highest BCUT2D eigenvalue weighted by Gasteiger charge is 2.33. The van der Waals surface area contributed by atoms with E-state index in [0.29, 0.717) is 39.6 Å². The fourth-order valence-electron chi connectivity index (χ4n) is 4.25. The Morgan fingerprint density at radius 2 is 1.97 bits per heavy atom. The highest BCUT2D eigenvalue weighted by molar-refractivity contribution is 9.10. The molecule has 0 radical (unpaired) electrons. The van der Waals surface area contributed by atoms with E-state index in [4.69, 9.17) is 13.9 Å². The quantitative estimate of drug-likeness (QED) is 0.448. The lowest BCUT2D eigenvalue weighted by atomic mass is 9.96. The molecule has 2 aliphatic rings. The molecule has 8 nitrogen and oxygen atoms in total. The Bertz CT molecular complexity index is 1460. The van der Waals surface area contributed by atoms with Gasteiger partial charge in [-0.05, 0) is 37.6 Å². The number of thiazole rings is 1. The largest absolute Gasteiger partial charge is 0.463 e. The van der Waals surface area contributed by atoms with Gasteiger partial charge >= 0.3 is 5.97 Å². The highest BCUT2D eigenvalue weighted by Crippen LogP contribution is 2.31. The summed E-state index contributed by atoms with van der Waals surface area (Å²) in [5.41, 5.74) is 1.46. The molecule has 10 heteroatoms. The average molecular weight is 558 g/mol. The number of rotatable bonds is 5. The van der Waals surface area contributed by atoms with Crippen LogP contribution in [0.4, 0.5) is 5.88 Å². The number of anilines is 1. The molecule has 182 valence electrons. The van der Waals surface area contributed by atoms with Crippen LogP contribution < -0.4 is 19.8 Å². The number of nitrogens with zero attached hydrogens (tertiary/aromatic N) is 3. The number of halogens is 1. The van der Waals surface area contributed by atoms with Gasteiger partial charge in [-0.3, -0.25) is 9.36 Å². The van der Waals surface area contributed by atoms with Gasteiger partial charge in [0.15, 0.2) is 10.7 Å². The van der Waals surface area contributed by atoms with Crippen LogP contribution >= 0.6 is 27.3 Å². The van der Waals surface area contributed by atoms with Crippen LogP contribution in [-0.4, -0.2) is 43.4 Å². The maximum absolute atomic E-state index is 13.6. The highest BCUT2D eigenvalue weighted by atomic mass is 79.9. The van der Waals surface area contributed by atoms with Gasteiger partial charge in [0.25, 0.3) is 5.56 Å². The lowest BCUT2D eigenvalue weighted by Gasteiger charge is -2.26. The van der Waals surface area contributed by atoms with E-state index in [1.54, 1.807) is 24.5 Å². The minimum Gasteiger partial charge on any atom is -0.463 e. The first-order chi connectivity index (χ1) is 17.0. The van der Waals surface area contributed by atoms with Crippen LogP contribution in [0.2, 0.25) is 0 Å². The molecule has 0 aliphatic carbocycles. The number of aromatic nitrogens is 1. The van der Waals surface area contributed by atoms with Crippen molar-refractivity contribution in [2.24, 2.45) is 4.99 Å². The lowest BCUT2D eigenvalue weighted by molar-refractivity contribution is -0.139. The Morgan fingerprint density at radius 3 is 2.69 bits per heavy atom. The topological polar surface area (TPSA) is 86.3 Å². The van der Waals surface area contributed by atoms with Crippen molar-refractivity contribution in [1.29, 1.82) is 0 Å². The SMILES string of the molecule is CCOC(=O)C1=C(C)N=c2s/c(=C\c3ccc(N4CCOCC4)o3)c(=O)n2[C@H]1c1ccc(Br)cc1. The van der Waals surface area contributed by atoms with Gasteiger partial charge in [0.2, 0.25) is 0 Å². The van der Waals surface area contributed by atoms with Crippen LogP contribution in [-0.2, 0) is 14.3 Å². The smallest absolute Gasteiger partial charge is 0.338 e. The molecule has 0 N–H and O–H groups in total. The molecule has 4 heterocycles. The zero-order chi connectivity index (χ0) is 24.5. The van der Waals surface area contributed by atoms with Crippen LogP contribution in [0.3, 0.4) is 0 Å². The van der Waals surface area contributed by atoms with Crippen molar-refractivity contribution in [3.8, 4) is 0 Å². The molecule has 2 aromatic heterocycles. The zero-order valence-corrected chi connectivity index (χ0v) is 21.7. The number of carbonyl (C=O) groups excluding carboxylic acids is 1. The van der Waals surface area contributed by atoms with E-state index < -0.39 is 12.0 Å². The maximum Gasteiger partial charge on any atom is 0.338 e. The normalized spacial score (nSPS) is 18.4. The minimum atomic E-state index is -0.638. The van der Waals surface area contributed by atoms with Crippen molar-refractivity contribution >= 4 is 45.2 Å². The molecule has 35 heavy (non-hydrogen) atoms. The molecule has 1 saturated heterocycles. The molecule has 0 spiro atoms. The molecular weight excluding hydrogens is 534 g/mol. The van der Waals surface area contributed by atoms with E-state index in [1.807, 2.05) is 36.4 Å². The molecule has 5 rings (SSSR count). The van der Waals surface area contributed by atoms with Gasteiger partial charge in [-0.25, -0.2) is 9.79 Å². The van der Waals surface area contributed by atoms with Crippen LogP contribution in [0.25, 0.3) is 6.08 Å². The number of ether oxygens (including phenoxy) is 2. The van der Waals surface area contributed by atoms with Gasteiger partial charge in [0.1, 0.15) is 5.76 Å². The van der Waals surface area contributed by atoms with Crippen molar-refractivity contribution in [2.75, 3.05) is 37.8 Å². The minimum absolute atomic E-state index is 0.233. The first-order valence-electron chi connectivity index (χ1n) is 11.3. The average Bonchev–Trinajstić information content (AvgIpc) is 3.44. The number of allylic oxidation sites excluding steroid dienone is 1. The summed E-state index contributed by atoms with van der Waals surface area (Å²) in [5, 5.41) is 0. The number of furan rings is 1. The summed E-state index contributed by atoms with van der Waals surface area (Å²) < 4.78 is 19.7. The summed E-state index contributed by atoms with van der Waals surface area (Å²) in [6.07, 6.45) is 1.73. The third kappa shape index (κ3) is 4.65. The van der Waals surface area contributed by atoms with Gasteiger partial charge < -0.3 is 18.8 Å². The number of hydrogen-bond donors (Lipinski definition) is 0. The van der Waals surface area contributed by atoms with Gasteiger partial charge in [0.05, 0.1) is 41.7 Å². The molecule has 1 atom stereocenters. The van der Waals surface area contributed by atoms with Gasteiger partial charge in [0, 0.05) is 29.7 Å². The summed E-state index contributed by atoms with van der Waals surface area (Å²) in [7, 11) is 0. The van der Waals surface area contributed by atoms with Gasteiger partial charge in [-0.15, -0.1) is 0 Å². The monoisotopic (exact) mass is 557 g/mol. The predicted molar refractivity (Wildman–Crippen MR) is 136 cm³/mol. The van der Waals surface area contributed by atoms with Gasteiger partial charge in [-0.2, -0.15) is 0 Å². The lowest BCUT2D eigenvalue weighted by Crippen LogP contribution is -2.39. The number of carbonyl (C=O) groups is 1.